The number of hydrogen-bond donors (Lipinski definition) is 3. The Labute approximate surface area is 255 Å². The van der Waals surface area contributed by atoms with Crippen LogP contribution in [0.4, 0.5) is 10.1 Å². The van der Waals surface area contributed by atoms with E-state index in [4.69, 9.17) is 28.6 Å². The second kappa shape index (κ2) is 12.6. The molecule has 3 aromatic rings. The van der Waals surface area contributed by atoms with Crippen LogP contribution in [0, 0.1) is 11.2 Å². The highest BCUT2D eigenvalue weighted by Gasteiger charge is 2.39. The summed E-state index contributed by atoms with van der Waals surface area (Å²) < 4.78 is 15.4. The summed E-state index contributed by atoms with van der Waals surface area (Å²) in [4.78, 5) is 43.4. The van der Waals surface area contributed by atoms with E-state index in [1.165, 1.54) is 51.0 Å². The summed E-state index contributed by atoms with van der Waals surface area (Å²) in [6, 6.07) is 9.30. The van der Waals surface area contributed by atoms with Crippen molar-refractivity contribution >= 4 is 52.3 Å². The third kappa shape index (κ3) is 6.65. The zero-order valence-electron chi connectivity index (χ0n) is 22.7. The predicted molar refractivity (Wildman–Crippen MR) is 160 cm³/mol. The monoisotopic (exact) mass is 622 g/mol. The maximum absolute atomic E-state index is 14.1. The molecular formula is C29H25Cl2FN8O3. The highest BCUT2D eigenvalue weighted by atomic mass is 35.5. The van der Waals surface area contributed by atoms with Gasteiger partial charge in [-0.2, -0.15) is 0 Å². The fraction of sp³-hybridized carbons (Fsp3) is 0.172. The normalized spacial score (nSPS) is 16.9. The third-order valence-corrected chi connectivity index (χ3v) is 7.19. The van der Waals surface area contributed by atoms with Crippen molar-refractivity contribution in [1.29, 1.82) is 5.41 Å². The van der Waals surface area contributed by atoms with Crippen LogP contribution in [0.1, 0.15) is 5.56 Å². The van der Waals surface area contributed by atoms with Gasteiger partial charge < -0.3 is 20.9 Å². The number of nitrogens with one attached hydrogen (secondary N) is 3. The van der Waals surface area contributed by atoms with E-state index >= 15 is 0 Å². The summed E-state index contributed by atoms with van der Waals surface area (Å²) in [6.45, 7) is -0.822. The lowest BCUT2D eigenvalue weighted by Crippen LogP contribution is -2.60. The summed E-state index contributed by atoms with van der Waals surface area (Å²) in [5.74, 6) is -2.06. The van der Waals surface area contributed by atoms with Gasteiger partial charge in [-0.05, 0) is 54.1 Å². The van der Waals surface area contributed by atoms with Crippen LogP contribution in [0.25, 0.3) is 5.69 Å². The van der Waals surface area contributed by atoms with Crippen molar-refractivity contribution in [2.45, 2.75) is 12.5 Å². The Bertz CT molecular complexity index is 1720. The molecule has 5 rings (SSSR count). The second-order valence-corrected chi connectivity index (χ2v) is 10.5. The minimum Gasteiger partial charge on any atom is -0.393 e. The van der Waals surface area contributed by atoms with Crippen molar-refractivity contribution in [3.8, 4) is 5.69 Å². The van der Waals surface area contributed by atoms with E-state index < -0.39 is 42.7 Å². The van der Waals surface area contributed by atoms with Crippen LogP contribution in [-0.4, -0.2) is 69.5 Å². The van der Waals surface area contributed by atoms with E-state index in [0.717, 1.165) is 0 Å². The smallest absolute Gasteiger partial charge is 0.247 e. The Morgan fingerprint density at radius 1 is 1.12 bits per heavy atom. The van der Waals surface area contributed by atoms with E-state index in [0.29, 0.717) is 33.2 Å². The minimum atomic E-state index is -1.15. The van der Waals surface area contributed by atoms with Crippen molar-refractivity contribution in [3.05, 3.63) is 106 Å². The largest absolute Gasteiger partial charge is 0.393 e. The highest BCUT2D eigenvalue weighted by Crippen LogP contribution is 2.30. The molecule has 0 spiro atoms. The van der Waals surface area contributed by atoms with Crippen molar-refractivity contribution in [1.82, 2.24) is 30.5 Å². The molecule has 2 heterocycles. The maximum Gasteiger partial charge on any atom is 0.247 e. The molecule has 1 aliphatic heterocycles. The molecule has 1 saturated heterocycles. The SMILES string of the molecule is CN/C=C1/C=C(NC(=O)C(Cc2cccc(F)c2)N2CC(=O)N(c3cc(Cl)ccc3-n3cc(Cl)nn3)CC2=O)C=CC1=N. The molecule has 1 atom stereocenters. The summed E-state index contributed by atoms with van der Waals surface area (Å²) in [5.41, 5.74) is 2.36. The molecule has 1 aromatic heterocycles. The Hall–Kier alpha value is -4.81. The molecule has 1 unspecified atom stereocenters. The Balaban J connectivity index is 1.44. The first kappa shape index (κ1) is 29.7. The lowest BCUT2D eigenvalue weighted by Gasteiger charge is -2.38. The van der Waals surface area contributed by atoms with Gasteiger partial charge in [0.1, 0.15) is 24.9 Å². The fourth-order valence-electron chi connectivity index (χ4n) is 4.78. The first-order valence-electron chi connectivity index (χ1n) is 13.0. The molecular weight excluding hydrogens is 598 g/mol. The van der Waals surface area contributed by atoms with E-state index in [9.17, 15) is 18.8 Å². The number of rotatable bonds is 8. The first-order chi connectivity index (χ1) is 20.6. The number of nitrogens with zero attached hydrogens (tertiary/aromatic N) is 5. The predicted octanol–water partition coefficient (Wildman–Crippen LogP) is 3.19. The van der Waals surface area contributed by atoms with Crippen LogP contribution in [-0.2, 0) is 20.8 Å². The zero-order chi connectivity index (χ0) is 30.7. The van der Waals surface area contributed by atoms with Gasteiger partial charge in [-0.15, -0.1) is 5.10 Å². The van der Waals surface area contributed by atoms with Gasteiger partial charge in [-0.3, -0.25) is 19.3 Å². The quantitative estimate of drug-likeness (QED) is 0.353. The van der Waals surface area contributed by atoms with Gasteiger partial charge in [-0.1, -0.05) is 40.5 Å². The van der Waals surface area contributed by atoms with Crippen LogP contribution in [0.5, 0.6) is 0 Å². The topological polar surface area (TPSA) is 136 Å². The molecule has 1 fully saturated rings. The lowest BCUT2D eigenvalue weighted by atomic mass is 10.0. The summed E-state index contributed by atoms with van der Waals surface area (Å²) in [7, 11) is 1.69. The number of carbonyl (C=O) groups is 3. The number of allylic oxidation sites excluding steroid dienone is 4. The third-order valence-electron chi connectivity index (χ3n) is 6.78. The summed E-state index contributed by atoms with van der Waals surface area (Å²) >= 11 is 12.2. The molecule has 0 radical (unpaired) electrons. The number of amides is 3. The van der Waals surface area contributed by atoms with Gasteiger partial charge >= 0.3 is 0 Å². The molecule has 220 valence electrons. The molecule has 11 nitrogen and oxygen atoms in total. The van der Waals surface area contributed by atoms with E-state index in [1.54, 1.807) is 43.6 Å². The van der Waals surface area contributed by atoms with Crippen molar-refractivity contribution in [2.75, 3.05) is 25.0 Å². The molecule has 43 heavy (non-hydrogen) atoms. The Morgan fingerprint density at radius 2 is 1.93 bits per heavy atom. The lowest BCUT2D eigenvalue weighted by molar-refractivity contribution is -0.145. The number of piperazine rings is 1. The average molecular weight is 623 g/mol. The number of halogens is 3. The molecule has 2 aliphatic rings. The van der Waals surface area contributed by atoms with Crippen molar-refractivity contribution < 1.29 is 18.8 Å². The van der Waals surface area contributed by atoms with Crippen LogP contribution in [0.3, 0.4) is 0 Å². The number of benzene rings is 2. The van der Waals surface area contributed by atoms with Gasteiger partial charge in [0.05, 0.1) is 23.3 Å². The molecule has 1 aliphatic carbocycles. The van der Waals surface area contributed by atoms with E-state index in [-0.39, 0.29) is 17.3 Å². The second-order valence-electron chi connectivity index (χ2n) is 9.69. The summed E-state index contributed by atoms with van der Waals surface area (Å²) in [5, 5.41) is 21.9. The number of hydrogen-bond acceptors (Lipinski definition) is 7. The number of aromatic nitrogens is 3. The minimum absolute atomic E-state index is 0.0471. The Morgan fingerprint density at radius 3 is 2.65 bits per heavy atom. The Kier molecular flexibility index (Phi) is 8.69. The van der Waals surface area contributed by atoms with Crippen molar-refractivity contribution in [3.63, 3.8) is 0 Å². The van der Waals surface area contributed by atoms with Crippen LogP contribution in [0.2, 0.25) is 10.2 Å². The standard InChI is InChI=1S/C29H25Cl2FN8O3/c1-34-13-18-11-21(6-7-22(18)33)35-29(43)25(10-17-3-2-4-20(32)9-17)39-16-27(41)38(15-28(39)42)24-12-19(30)5-8-23(24)40-14-26(31)36-37-40/h2-9,11-14,25,33-34H,10,15-16H2,1H3,(H,35,43)/b18-13-,33-22?. The molecule has 14 heteroatoms. The molecule has 0 bridgehead atoms. The van der Waals surface area contributed by atoms with Gasteiger partial charge in [0.2, 0.25) is 17.7 Å². The van der Waals surface area contributed by atoms with Gasteiger partial charge in [-0.25, -0.2) is 9.07 Å². The zero-order valence-corrected chi connectivity index (χ0v) is 24.2. The maximum atomic E-state index is 14.1. The molecule has 2 aromatic carbocycles. The van der Waals surface area contributed by atoms with E-state index in [2.05, 4.69) is 20.9 Å². The van der Waals surface area contributed by atoms with Gasteiger partial charge in [0.15, 0.2) is 5.15 Å². The summed E-state index contributed by atoms with van der Waals surface area (Å²) in [6.07, 6.45) is 7.71. The van der Waals surface area contributed by atoms with Crippen LogP contribution in [0.15, 0.2) is 84.4 Å². The fourth-order valence-corrected chi connectivity index (χ4v) is 5.07. The van der Waals surface area contributed by atoms with Crippen LogP contribution < -0.4 is 15.5 Å². The van der Waals surface area contributed by atoms with Gasteiger partial charge in [0.25, 0.3) is 0 Å². The first-order valence-corrected chi connectivity index (χ1v) is 13.8. The number of anilines is 1. The van der Waals surface area contributed by atoms with Crippen LogP contribution >= 0.6 is 23.2 Å². The molecule has 3 amide bonds. The van der Waals surface area contributed by atoms with Gasteiger partial charge in [0, 0.05) is 36.0 Å². The molecule has 3 N–H and O–H groups in total. The molecule has 0 saturated carbocycles. The van der Waals surface area contributed by atoms with Crippen molar-refractivity contribution in [2.24, 2.45) is 0 Å². The average Bonchev–Trinajstić information content (AvgIpc) is 3.40. The van der Waals surface area contributed by atoms with E-state index in [1.807, 2.05) is 0 Å². The number of carbonyl (C=O) groups excluding carboxylic acids is 3. The highest BCUT2D eigenvalue weighted by molar-refractivity contribution is 6.31.